The molecule has 92 valence electrons. The largest absolute Gasteiger partial charge is 0.492 e. The van der Waals surface area contributed by atoms with Crippen molar-refractivity contribution in [2.24, 2.45) is 5.92 Å². The normalized spacial score (nSPS) is 27.2. The van der Waals surface area contributed by atoms with Crippen molar-refractivity contribution in [3.05, 3.63) is 18.5 Å². The minimum atomic E-state index is 0.632. The van der Waals surface area contributed by atoms with Gasteiger partial charge in [0.1, 0.15) is 5.75 Å². The van der Waals surface area contributed by atoms with Gasteiger partial charge >= 0.3 is 0 Å². The summed E-state index contributed by atoms with van der Waals surface area (Å²) in [7, 11) is 0. The van der Waals surface area contributed by atoms with E-state index in [-0.39, 0.29) is 0 Å². The fraction of sp³-hybridized carbons (Fsp3) is 0.615. The third-order valence-electron chi connectivity index (χ3n) is 3.66. The summed E-state index contributed by atoms with van der Waals surface area (Å²) in [6.07, 6.45) is 5.04. The molecule has 4 nitrogen and oxygen atoms in total. The van der Waals surface area contributed by atoms with Gasteiger partial charge in [-0.2, -0.15) is 0 Å². The summed E-state index contributed by atoms with van der Waals surface area (Å²) in [5.41, 5.74) is 1.20. The molecule has 2 unspecified atom stereocenters. The van der Waals surface area contributed by atoms with E-state index in [9.17, 15) is 0 Å². The van der Waals surface area contributed by atoms with Crippen molar-refractivity contribution < 1.29 is 4.74 Å². The van der Waals surface area contributed by atoms with E-state index in [1.807, 2.05) is 13.1 Å². The highest BCUT2D eigenvalue weighted by Gasteiger charge is 2.35. The number of pyridine rings is 1. The quantitative estimate of drug-likeness (QED) is 0.853. The predicted octanol–water partition coefficient (Wildman–Crippen LogP) is 1.28. The van der Waals surface area contributed by atoms with Gasteiger partial charge in [-0.05, 0) is 25.8 Å². The summed E-state index contributed by atoms with van der Waals surface area (Å²) >= 11 is 0. The second-order valence-electron chi connectivity index (χ2n) is 4.88. The molecule has 2 bridgehead atoms. The van der Waals surface area contributed by atoms with Gasteiger partial charge in [-0.25, -0.2) is 0 Å². The van der Waals surface area contributed by atoms with Crippen LogP contribution in [0.3, 0.4) is 0 Å². The van der Waals surface area contributed by atoms with Crippen LogP contribution in [0.5, 0.6) is 5.75 Å². The molecular weight excluding hydrogens is 214 g/mol. The first-order chi connectivity index (χ1) is 8.36. The maximum absolute atomic E-state index is 5.51. The minimum absolute atomic E-state index is 0.632. The van der Waals surface area contributed by atoms with Gasteiger partial charge in [0, 0.05) is 25.2 Å². The zero-order valence-electron chi connectivity index (χ0n) is 10.2. The molecule has 0 radical (unpaired) electrons. The van der Waals surface area contributed by atoms with Crippen LogP contribution in [0, 0.1) is 5.92 Å². The van der Waals surface area contributed by atoms with Crippen molar-refractivity contribution in [2.45, 2.75) is 19.4 Å². The molecule has 3 rings (SSSR count). The summed E-state index contributed by atoms with van der Waals surface area (Å²) < 4.78 is 5.51. The van der Waals surface area contributed by atoms with Crippen molar-refractivity contribution in [3.63, 3.8) is 0 Å². The van der Waals surface area contributed by atoms with Gasteiger partial charge in [0.05, 0.1) is 24.7 Å². The van der Waals surface area contributed by atoms with Crippen LogP contribution in [0.2, 0.25) is 0 Å². The number of ether oxygens (including phenoxy) is 1. The Morgan fingerprint density at radius 1 is 1.47 bits per heavy atom. The van der Waals surface area contributed by atoms with Crippen LogP contribution in [-0.2, 0) is 0 Å². The fourth-order valence-corrected chi connectivity index (χ4v) is 2.94. The second kappa shape index (κ2) is 4.53. The Balaban J connectivity index is 1.81. The highest BCUT2D eigenvalue weighted by atomic mass is 16.5. The minimum Gasteiger partial charge on any atom is -0.492 e. The van der Waals surface area contributed by atoms with E-state index >= 15 is 0 Å². The molecular formula is C13H19N3O. The Morgan fingerprint density at radius 3 is 3.24 bits per heavy atom. The van der Waals surface area contributed by atoms with Crippen molar-refractivity contribution in [2.75, 3.05) is 31.1 Å². The lowest BCUT2D eigenvalue weighted by molar-refractivity contribution is 0.339. The SMILES string of the molecule is CCOc1cncc(N2CC3CNCC2C3)c1. The molecule has 2 atom stereocenters. The van der Waals surface area contributed by atoms with Crippen molar-refractivity contribution >= 4 is 5.69 Å². The lowest BCUT2D eigenvalue weighted by Gasteiger charge is -2.26. The molecule has 4 heteroatoms. The molecule has 1 aromatic rings. The molecule has 2 aliphatic heterocycles. The lowest BCUT2D eigenvalue weighted by atomic mass is 10.0. The number of rotatable bonds is 3. The maximum atomic E-state index is 5.51. The Bertz CT molecular complexity index is 396. The van der Waals surface area contributed by atoms with E-state index < -0.39 is 0 Å². The van der Waals surface area contributed by atoms with E-state index in [0.717, 1.165) is 31.3 Å². The smallest absolute Gasteiger partial charge is 0.139 e. The molecule has 1 aromatic heterocycles. The Morgan fingerprint density at radius 2 is 2.41 bits per heavy atom. The zero-order chi connectivity index (χ0) is 11.7. The molecule has 0 amide bonds. The van der Waals surface area contributed by atoms with Gasteiger partial charge in [-0.15, -0.1) is 0 Å². The topological polar surface area (TPSA) is 37.4 Å². The number of anilines is 1. The first-order valence-corrected chi connectivity index (χ1v) is 6.42. The number of piperidine rings is 1. The van der Waals surface area contributed by atoms with Crippen LogP contribution in [0.4, 0.5) is 5.69 Å². The van der Waals surface area contributed by atoms with Gasteiger partial charge < -0.3 is 15.0 Å². The summed E-state index contributed by atoms with van der Waals surface area (Å²) in [4.78, 5) is 6.75. The fourth-order valence-electron chi connectivity index (χ4n) is 2.94. The average Bonchev–Trinajstić information content (AvgIpc) is 2.65. The monoisotopic (exact) mass is 233 g/mol. The molecule has 0 spiro atoms. The molecule has 2 saturated heterocycles. The van der Waals surface area contributed by atoms with E-state index in [1.54, 1.807) is 6.20 Å². The zero-order valence-corrected chi connectivity index (χ0v) is 10.2. The molecule has 1 N–H and O–H groups in total. The van der Waals surface area contributed by atoms with Gasteiger partial charge in [0.15, 0.2) is 0 Å². The number of hydrogen-bond donors (Lipinski definition) is 1. The van der Waals surface area contributed by atoms with Crippen molar-refractivity contribution in [1.29, 1.82) is 0 Å². The Labute approximate surface area is 102 Å². The summed E-state index contributed by atoms with van der Waals surface area (Å²) in [5.74, 6) is 1.67. The van der Waals surface area contributed by atoms with Crippen LogP contribution in [0.15, 0.2) is 18.5 Å². The summed E-state index contributed by atoms with van der Waals surface area (Å²) in [5, 5.41) is 3.49. The highest BCUT2D eigenvalue weighted by Crippen LogP contribution is 2.31. The van der Waals surface area contributed by atoms with Crippen LogP contribution >= 0.6 is 0 Å². The molecule has 17 heavy (non-hydrogen) atoms. The standard InChI is InChI=1S/C13H19N3O/c1-2-17-13-4-12(7-15-8-13)16-9-10-3-11(16)6-14-5-10/h4,7-8,10-11,14H,2-3,5-6,9H2,1H3. The van der Waals surface area contributed by atoms with Gasteiger partial charge in [0.2, 0.25) is 0 Å². The number of hydrogen-bond acceptors (Lipinski definition) is 4. The first kappa shape index (κ1) is 10.8. The van der Waals surface area contributed by atoms with Crippen LogP contribution in [0.25, 0.3) is 0 Å². The van der Waals surface area contributed by atoms with Crippen molar-refractivity contribution in [1.82, 2.24) is 10.3 Å². The third-order valence-corrected chi connectivity index (χ3v) is 3.66. The van der Waals surface area contributed by atoms with E-state index in [4.69, 9.17) is 4.74 Å². The van der Waals surface area contributed by atoms with Gasteiger partial charge in [-0.3, -0.25) is 4.98 Å². The molecule has 0 aliphatic carbocycles. The van der Waals surface area contributed by atoms with Crippen LogP contribution in [0.1, 0.15) is 13.3 Å². The molecule has 3 heterocycles. The average molecular weight is 233 g/mol. The lowest BCUT2D eigenvalue weighted by Crippen LogP contribution is -2.39. The molecule has 2 aliphatic rings. The number of nitrogens with zero attached hydrogens (tertiary/aromatic N) is 2. The van der Waals surface area contributed by atoms with Gasteiger partial charge in [-0.1, -0.05) is 0 Å². The van der Waals surface area contributed by atoms with E-state index in [1.165, 1.54) is 12.1 Å². The van der Waals surface area contributed by atoms with Gasteiger partial charge in [0.25, 0.3) is 0 Å². The molecule has 2 fully saturated rings. The second-order valence-corrected chi connectivity index (χ2v) is 4.88. The van der Waals surface area contributed by atoms with E-state index in [0.29, 0.717) is 12.6 Å². The first-order valence-electron chi connectivity index (χ1n) is 6.42. The maximum Gasteiger partial charge on any atom is 0.139 e. The Kier molecular flexibility index (Phi) is 2.89. The van der Waals surface area contributed by atoms with Crippen molar-refractivity contribution in [3.8, 4) is 5.75 Å². The summed E-state index contributed by atoms with van der Waals surface area (Å²) in [6.45, 7) is 6.09. The van der Waals surface area contributed by atoms with Crippen LogP contribution < -0.4 is 15.0 Å². The molecule has 0 saturated carbocycles. The third kappa shape index (κ3) is 2.09. The molecule has 0 aromatic carbocycles. The van der Waals surface area contributed by atoms with E-state index in [2.05, 4.69) is 21.3 Å². The number of fused-ring (bicyclic) bond motifs is 2. The number of aromatic nitrogens is 1. The predicted molar refractivity (Wildman–Crippen MR) is 67.5 cm³/mol. The number of nitrogens with one attached hydrogen (secondary N) is 1. The Hall–Kier alpha value is -1.29. The van der Waals surface area contributed by atoms with Crippen LogP contribution in [-0.4, -0.2) is 37.3 Å². The highest BCUT2D eigenvalue weighted by molar-refractivity contribution is 5.50. The summed E-state index contributed by atoms with van der Waals surface area (Å²) in [6, 6.07) is 2.74.